The number of nitrogens with zero attached hydrogens (tertiary/aromatic N) is 1. The second-order valence-corrected chi connectivity index (χ2v) is 5.05. The van der Waals surface area contributed by atoms with E-state index in [1.54, 1.807) is 18.2 Å². The number of halogens is 2. The number of nitrogens with one attached hydrogen (secondary N) is 2. The van der Waals surface area contributed by atoms with Gasteiger partial charge >= 0.3 is 6.03 Å². The molecule has 0 radical (unpaired) electrons. The summed E-state index contributed by atoms with van der Waals surface area (Å²) in [4.78, 5) is 21.9. The lowest BCUT2D eigenvalue weighted by Gasteiger charge is -2.09. The Morgan fingerprint density at radius 1 is 1.26 bits per heavy atom. The summed E-state index contributed by atoms with van der Waals surface area (Å²) in [6.45, 7) is 0.208. The van der Waals surface area contributed by atoms with Gasteiger partial charge in [-0.15, -0.1) is 0 Å². The predicted molar refractivity (Wildman–Crippen MR) is 85.2 cm³/mol. The van der Waals surface area contributed by atoms with Crippen LogP contribution in [0.3, 0.4) is 0 Å². The molecule has 2 amide bonds. The van der Waals surface area contributed by atoms with Crippen LogP contribution in [0.5, 0.6) is 0 Å². The molecule has 2 N–H and O–H groups in total. The van der Waals surface area contributed by atoms with Crippen LogP contribution in [0.2, 0.25) is 5.02 Å². The molecule has 0 spiro atoms. The molecule has 23 heavy (non-hydrogen) atoms. The molecule has 0 aromatic heterocycles. The fourth-order valence-electron chi connectivity index (χ4n) is 1.90. The van der Waals surface area contributed by atoms with Gasteiger partial charge in [0.2, 0.25) is 0 Å². The van der Waals surface area contributed by atoms with Crippen molar-refractivity contribution < 1.29 is 14.1 Å². The zero-order chi connectivity index (χ0) is 16.8. The van der Waals surface area contributed by atoms with Crippen molar-refractivity contribution in [2.45, 2.75) is 6.42 Å². The smallest absolute Gasteiger partial charge is 0.319 e. The summed E-state index contributed by atoms with van der Waals surface area (Å²) in [5.74, 6) is -0.337. The number of nitro groups is 1. The highest BCUT2D eigenvalue weighted by Crippen LogP contribution is 2.26. The number of benzene rings is 2. The molecule has 0 aliphatic heterocycles. The lowest BCUT2D eigenvalue weighted by atomic mass is 10.1. The Morgan fingerprint density at radius 3 is 2.70 bits per heavy atom. The van der Waals surface area contributed by atoms with Crippen LogP contribution in [0.25, 0.3) is 0 Å². The van der Waals surface area contributed by atoms with Gasteiger partial charge in [-0.05, 0) is 24.1 Å². The van der Waals surface area contributed by atoms with Crippen molar-refractivity contribution in [3.63, 3.8) is 0 Å². The zero-order valence-corrected chi connectivity index (χ0v) is 12.6. The Morgan fingerprint density at radius 2 is 2.00 bits per heavy atom. The van der Waals surface area contributed by atoms with E-state index in [0.717, 1.165) is 0 Å². The number of rotatable bonds is 5. The largest absolute Gasteiger partial charge is 0.338 e. The molecule has 0 bridgehead atoms. The summed E-state index contributed by atoms with van der Waals surface area (Å²) >= 11 is 5.88. The summed E-state index contributed by atoms with van der Waals surface area (Å²) < 4.78 is 13.4. The highest BCUT2D eigenvalue weighted by Gasteiger charge is 2.12. The quantitative estimate of drug-likeness (QED) is 0.643. The van der Waals surface area contributed by atoms with Crippen LogP contribution < -0.4 is 10.6 Å². The molecular weight excluding hydrogens is 325 g/mol. The van der Waals surface area contributed by atoms with Gasteiger partial charge in [0.15, 0.2) is 0 Å². The molecule has 2 aromatic carbocycles. The average molecular weight is 338 g/mol. The minimum atomic E-state index is -0.586. The summed E-state index contributed by atoms with van der Waals surface area (Å²) in [6.07, 6.45) is 0.322. The molecule has 0 saturated heterocycles. The summed E-state index contributed by atoms with van der Waals surface area (Å²) in [6, 6.07) is 9.43. The van der Waals surface area contributed by atoms with Gasteiger partial charge in [0, 0.05) is 18.7 Å². The molecule has 120 valence electrons. The van der Waals surface area contributed by atoms with E-state index in [0.29, 0.717) is 12.0 Å². The first kappa shape index (κ1) is 16.7. The number of hydrogen-bond acceptors (Lipinski definition) is 3. The molecule has 0 aliphatic rings. The van der Waals surface area contributed by atoms with E-state index < -0.39 is 11.0 Å². The van der Waals surface area contributed by atoms with Gasteiger partial charge in [-0.25, -0.2) is 9.18 Å². The Bertz CT molecular complexity index is 740. The van der Waals surface area contributed by atoms with Crippen molar-refractivity contribution in [1.82, 2.24) is 5.32 Å². The fourth-order valence-corrected chi connectivity index (χ4v) is 2.07. The minimum Gasteiger partial charge on any atom is -0.338 e. The SMILES string of the molecule is O=C(NCCc1ccccc1F)Nc1cc([N+](=O)[O-])ccc1Cl. The molecule has 0 atom stereocenters. The van der Waals surface area contributed by atoms with Crippen LogP contribution in [0.4, 0.5) is 20.6 Å². The van der Waals surface area contributed by atoms with Crippen molar-refractivity contribution in [1.29, 1.82) is 0 Å². The van der Waals surface area contributed by atoms with Gasteiger partial charge in [0.05, 0.1) is 15.6 Å². The van der Waals surface area contributed by atoms with Gasteiger partial charge in [-0.1, -0.05) is 29.8 Å². The second-order valence-electron chi connectivity index (χ2n) is 4.64. The Hall–Kier alpha value is -2.67. The number of hydrogen-bond donors (Lipinski definition) is 2. The lowest BCUT2D eigenvalue weighted by molar-refractivity contribution is -0.384. The second kappa shape index (κ2) is 7.55. The first-order chi connectivity index (χ1) is 11.0. The highest BCUT2D eigenvalue weighted by molar-refractivity contribution is 6.33. The van der Waals surface area contributed by atoms with E-state index in [-0.39, 0.29) is 28.8 Å². The first-order valence-electron chi connectivity index (χ1n) is 6.69. The average Bonchev–Trinajstić information content (AvgIpc) is 2.51. The monoisotopic (exact) mass is 337 g/mol. The van der Waals surface area contributed by atoms with Crippen LogP contribution in [0.15, 0.2) is 42.5 Å². The van der Waals surface area contributed by atoms with Crippen LogP contribution in [-0.4, -0.2) is 17.5 Å². The third-order valence-corrected chi connectivity index (χ3v) is 3.38. The maximum atomic E-state index is 13.4. The number of nitro benzene ring substituents is 1. The number of urea groups is 1. The van der Waals surface area contributed by atoms with Crippen LogP contribution in [0.1, 0.15) is 5.56 Å². The van der Waals surface area contributed by atoms with Crippen molar-refractivity contribution >= 4 is 29.0 Å². The third kappa shape index (κ3) is 4.65. The van der Waals surface area contributed by atoms with Crippen molar-refractivity contribution in [2.24, 2.45) is 0 Å². The Balaban J connectivity index is 1.91. The summed E-state index contributed by atoms with van der Waals surface area (Å²) in [5.41, 5.74) is 0.432. The van der Waals surface area contributed by atoms with Crippen LogP contribution in [0, 0.1) is 15.9 Å². The molecule has 2 aromatic rings. The normalized spacial score (nSPS) is 10.2. The van der Waals surface area contributed by atoms with Crippen molar-refractivity contribution in [2.75, 3.05) is 11.9 Å². The third-order valence-electron chi connectivity index (χ3n) is 3.05. The summed E-state index contributed by atoms with van der Waals surface area (Å²) in [5, 5.41) is 15.9. The minimum absolute atomic E-state index is 0.129. The van der Waals surface area contributed by atoms with E-state index in [2.05, 4.69) is 10.6 Å². The van der Waals surface area contributed by atoms with Crippen LogP contribution >= 0.6 is 11.6 Å². The van der Waals surface area contributed by atoms with Gasteiger partial charge in [-0.3, -0.25) is 10.1 Å². The molecule has 6 nitrogen and oxygen atoms in total. The van der Waals surface area contributed by atoms with Gasteiger partial charge < -0.3 is 10.6 Å². The van der Waals surface area contributed by atoms with E-state index in [4.69, 9.17) is 11.6 Å². The molecule has 8 heteroatoms. The molecule has 0 aliphatic carbocycles. The molecule has 0 unspecified atom stereocenters. The number of amides is 2. The standard InChI is InChI=1S/C15H13ClFN3O3/c16-12-6-5-11(20(22)23)9-14(12)19-15(21)18-8-7-10-3-1-2-4-13(10)17/h1-6,9H,7-8H2,(H2,18,19,21). The van der Waals surface area contributed by atoms with E-state index in [9.17, 15) is 19.3 Å². The lowest BCUT2D eigenvalue weighted by Crippen LogP contribution is -2.30. The Kier molecular flexibility index (Phi) is 5.48. The molecule has 2 rings (SSSR count). The summed E-state index contributed by atoms with van der Waals surface area (Å²) in [7, 11) is 0. The van der Waals surface area contributed by atoms with Crippen molar-refractivity contribution in [3.05, 3.63) is 69.0 Å². The highest BCUT2D eigenvalue weighted by atomic mass is 35.5. The van der Waals surface area contributed by atoms with Gasteiger partial charge in [0.1, 0.15) is 5.82 Å². The fraction of sp³-hybridized carbons (Fsp3) is 0.133. The molecular formula is C15H13ClFN3O3. The number of anilines is 1. The van der Waals surface area contributed by atoms with Gasteiger partial charge in [-0.2, -0.15) is 0 Å². The predicted octanol–water partition coefficient (Wildman–Crippen LogP) is 3.75. The number of non-ortho nitro benzene ring substituents is 1. The maximum absolute atomic E-state index is 13.4. The maximum Gasteiger partial charge on any atom is 0.319 e. The molecule has 0 fully saturated rings. The zero-order valence-electron chi connectivity index (χ0n) is 11.9. The molecule has 0 heterocycles. The van der Waals surface area contributed by atoms with E-state index in [1.165, 1.54) is 24.3 Å². The number of carbonyl (C=O) groups excluding carboxylic acids is 1. The number of carbonyl (C=O) groups is 1. The van der Waals surface area contributed by atoms with E-state index in [1.807, 2.05) is 0 Å². The van der Waals surface area contributed by atoms with Gasteiger partial charge in [0.25, 0.3) is 5.69 Å². The first-order valence-corrected chi connectivity index (χ1v) is 7.07. The van der Waals surface area contributed by atoms with Crippen molar-refractivity contribution in [3.8, 4) is 0 Å². The molecule has 0 saturated carbocycles. The Labute approximate surface area is 136 Å². The van der Waals surface area contributed by atoms with E-state index >= 15 is 0 Å². The van der Waals surface area contributed by atoms with Crippen LogP contribution in [-0.2, 0) is 6.42 Å². The topological polar surface area (TPSA) is 84.3 Å².